The van der Waals surface area contributed by atoms with Crippen molar-refractivity contribution in [1.82, 2.24) is 0 Å². The molecule has 0 aromatic carbocycles. The van der Waals surface area contributed by atoms with Gasteiger partial charge in [0.1, 0.15) is 0 Å². The molecule has 0 amide bonds. The lowest BCUT2D eigenvalue weighted by molar-refractivity contribution is 0.670. The Morgan fingerprint density at radius 3 is 1.71 bits per heavy atom. The lowest BCUT2D eigenvalue weighted by Gasteiger charge is -2.44. The van der Waals surface area contributed by atoms with Gasteiger partial charge in [-0.05, 0) is 18.8 Å². The van der Waals surface area contributed by atoms with E-state index in [1.165, 1.54) is 38.1 Å². The van der Waals surface area contributed by atoms with E-state index in [2.05, 4.69) is 67.5 Å². The summed E-state index contributed by atoms with van der Waals surface area (Å²) in [4.78, 5) is 0. The molecule has 0 aromatic rings. The number of rotatable bonds is 11. The summed E-state index contributed by atoms with van der Waals surface area (Å²) in [5, 5.41) is 0. The Hall–Kier alpha value is -0.0431. The normalized spacial score (nSPS) is 14.8. The van der Waals surface area contributed by atoms with Crippen LogP contribution in [0.3, 0.4) is 0 Å². The summed E-state index contributed by atoms with van der Waals surface area (Å²) in [6.07, 6.45) is 11.8. The third kappa shape index (κ3) is 6.71. The van der Waals surface area contributed by atoms with E-state index in [4.69, 9.17) is 0 Å². The van der Waals surface area contributed by atoms with Gasteiger partial charge in [-0.3, -0.25) is 0 Å². The fourth-order valence-corrected chi connectivity index (χ4v) is 11.0. The molecule has 1 atom stereocenters. The summed E-state index contributed by atoms with van der Waals surface area (Å²) in [7, 11) is -1.22. The third-order valence-electron chi connectivity index (χ3n) is 5.59. The highest BCUT2D eigenvalue weighted by molar-refractivity contribution is 6.83. The molecule has 0 radical (unpaired) electrons. The van der Waals surface area contributed by atoms with Crippen molar-refractivity contribution in [3.8, 4) is 0 Å². The highest BCUT2D eigenvalue weighted by Gasteiger charge is 2.42. The first-order valence-corrected chi connectivity index (χ1v) is 11.9. The lowest BCUT2D eigenvalue weighted by Crippen LogP contribution is -2.45. The van der Waals surface area contributed by atoms with Crippen LogP contribution in [-0.2, 0) is 0 Å². The van der Waals surface area contributed by atoms with Crippen molar-refractivity contribution in [3.05, 3.63) is 12.2 Å². The highest BCUT2D eigenvalue weighted by atomic mass is 28.3. The molecule has 1 unspecified atom stereocenters. The Labute approximate surface area is 136 Å². The van der Waals surface area contributed by atoms with Gasteiger partial charge < -0.3 is 0 Å². The number of hydrogen-bond acceptors (Lipinski definition) is 0. The molecule has 0 N–H and O–H groups in total. The van der Waals surface area contributed by atoms with Crippen molar-refractivity contribution in [2.75, 3.05) is 0 Å². The van der Waals surface area contributed by atoms with Crippen molar-refractivity contribution in [1.29, 1.82) is 0 Å². The number of allylic oxidation sites excluding steroid dienone is 2. The SMILES string of the molecule is CCCCCC/C=C/C(C)C[Si](C(C)C)(C(C)C)C(C)C. The lowest BCUT2D eigenvalue weighted by atomic mass is 10.1. The van der Waals surface area contributed by atoms with E-state index in [9.17, 15) is 0 Å². The summed E-state index contributed by atoms with van der Waals surface area (Å²) in [6, 6.07) is 1.46. The molecule has 0 spiro atoms. The van der Waals surface area contributed by atoms with E-state index in [1.807, 2.05) is 0 Å². The average Bonchev–Trinajstić information content (AvgIpc) is 2.38. The van der Waals surface area contributed by atoms with Gasteiger partial charge in [-0.2, -0.15) is 0 Å². The molecule has 0 fully saturated rings. The minimum Gasteiger partial charge on any atom is -0.0883 e. The van der Waals surface area contributed by atoms with Gasteiger partial charge in [0.15, 0.2) is 0 Å². The van der Waals surface area contributed by atoms with E-state index in [0.29, 0.717) is 0 Å². The first kappa shape index (κ1) is 21.0. The van der Waals surface area contributed by atoms with Gasteiger partial charge in [-0.25, -0.2) is 0 Å². The molecule has 21 heavy (non-hydrogen) atoms. The van der Waals surface area contributed by atoms with Gasteiger partial charge in [0, 0.05) is 0 Å². The molecule has 0 aliphatic carbocycles. The van der Waals surface area contributed by atoms with Gasteiger partial charge in [0.2, 0.25) is 0 Å². The van der Waals surface area contributed by atoms with Gasteiger partial charge in [-0.1, -0.05) is 109 Å². The van der Waals surface area contributed by atoms with Crippen molar-refractivity contribution in [3.63, 3.8) is 0 Å². The Kier molecular flexibility index (Phi) is 10.6. The maximum Gasteiger partial charge on any atom is 0.0618 e. The zero-order valence-electron chi connectivity index (χ0n) is 16.2. The van der Waals surface area contributed by atoms with Gasteiger partial charge in [0.25, 0.3) is 0 Å². The first-order chi connectivity index (χ1) is 9.78. The molecule has 0 rings (SSSR count). The number of hydrogen-bond donors (Lipinski definition) is 0. The average molecular weight is 311 g/mol. The first-order valence-electron chi connectivity index (χ1n) is 9.45. The van der Waals surface area contributed by atoms with Crippen molar-refractivity contribution >= 4 is 8.07 Å². The fraction of sp³-hybridized carbons (Fsp3) is 0.900. The molecule has 0 heterocycles. The second-order valence-corrected chi connectivity index (χ2v) is 14.1. The highest BCUT2D eigenvalue weighted by Crippen LogP contribution is 2.46. The second-order valence-electron chi connectivity index (χ2n) is 8.04. The molecule has 126 valence electrons. The molecule has 0 bridgehead atoms. The van der Waals surface area contributed by atoms with Crippen LogP contribution in [0, 0.1) is 5.92 Å². The number of unbranched alkanes of at least 4 members (excludes halogenated alkanes) is 4. The van der Waals surface area contributed by atoms with E-state index >= 15 is 0 Å². The van der Waals surface area contributed by atoms with Gasteiger partial charge in [-0.15, -0.1) is 0 Å². The van der Waals surface area contributed by atoms with Crippen LogP contribution in [0.1, 0.15) is 87.5 Å². The van der Waals surface area contributed by atoms with Crippen molar-refractivity contribution in [2.24, 2.45) is 5.92 Å². The van der Waals surface area contributed by atoms with E-state index < -0.39 is 8.07 Å². The maximum atomic E-state index is 2.51. The Bertz CT molecular complexity index is 254. The van der Waals surface area contributed by atoms with E-state index in [0.717, 1.165) is 22.5 Å². The standard InChI is InChI=1S/C20H42Si/c1-9-10-11-12-13-14-15-20(8)16-21(17(2)3,18(4)5)19(6)7/h14-15,17-20H,9-13,16H2,1-8H3/b15-14+. The largest absolute Gasteiger partial charge is 0.0883 e. The molecular formula is C20H42Si. The summed E-state index contributed by atoms with van der Waals surface area (Å²) in [5.41, 5.74) is 2.66. The van der Waals surface area contributed by atoms with Crippen molar-refractivity contribution in [2.45, 2.75) is 110 Å². The molecule has 0 saturated carbocycles. The molecule has 0 aliphatic heterocycles. The molecule has 1 heteroatoms. The summed E-state index contributed by atoms with van der Waals surface area (Å²) in [6.45, 7) is 19.6. The minimum absolute atomic E-state index is 0.759. The summed E-state index contributed by atoms with van der Waals surface area (Å²) < 4.78 is 0. The Morgan fingerprint density at radius 2 is 1.29 bits per heavy atom. The molecular weight excluding hydrogens is 268 g/mol. The van der Waals surface area contributed by atoms with E-state index in [1.54, 1.807) is 0 Å². The van der Waals surface area contributed by atoms with Crippen LogP contribution in [0.5, 0.6) is 0 Å². The molecule has 0 saturated heterocycles. The molecule has 0 aliphatic rings. The monoisotopic (exact) mass is 310 g/mol. The Morgan fingerprint density at radius 1 is 0.762 bits per heavy atom. The van der Waals surface area contributed by atoms with Gasteiger partial charge in [0.05, 0.1) is 8.07 Å². The van der Waals surface area contributed by atoms with Crippen LogP contribution < -0.4 is 0 Å². The van der Waals surface area contributed by atoms with E-state index in [-0.39, 0.29) is 0 Å². The molecule has 0 aromatic heterocycles. The van der Waals surface area contributed by atoms with Crippen LogP contribution in [0.2, 0.25) is 22.7 Å². The minimum atomic E-state index is -1.22. The predicted octanol–water partition coefficient (Wildman–Crippen LogP) is 7.83. The van der Waals surface area contributed by atoms with Gasteiger partial charge >= 0.3 is 0 Å². The molecule has 0 nitrogen and oxygen atoms in total. The van der Waals surface area contributed by atoms with Crippen LogP contribution in [0.25, 0.3) is 0 Å². The summed E-state index contributed by atoms with van der Waals surface area (Å²) >= 11 is 0. The third-order valence-corrected chi connectivity index (χ3v) is 13.4. The smallest absolute Gasteiger partial charge is 0.0618 e. The zero-order valence-corrected chi connectivity index (χ0v) is 17.2. The second kappa shape index (κ2) is 10.6. The summed E-state index contributed by atoms with van der Waals surface area (Å²) in [5.74, 6) is 0.759. The van der Waals surface area contributed by atoms with Crippen LogP contribution in [0.15, 0.2) is 12.2 Å². The Balaban J connectivity index is 4.54. The van der Waals surface area contributed by atoms with Crippen LogP contribution >= 0.6 is 0 Å². The van der Waals surface area contributed by atoms with Crippen molar-refractivity contribution < 1.29 is 0 Å². The quantitative estimate of drug-likeness (QED) is 0.207. The predicted molar refractivity (Wildman–Crippen MR) is 103 cm³/mol. The maximum absolute atomic E-state index is 2.51. The van der Waals surface area contributed by atoms with Crippen LogP contribution in [0.4, 0.5) is 0 Å². The zero-order chi connectivity index (χ0) is 16.5. The van der Waals surface area contributed by atoms with Crippen LogP contribution in [-0.4, -0.2) is 8.07 Å². The topological polar surface area (TPSA) is 0 Å². The fourth-order valence-electron chi connectivity index (χ4n) is 4.35.